The van der Waals surface area contributed by atoms with Crippen LogP contribution in [0.2, 0.25) is 0 Å². The van der Waals surface area contributed by atoms with E-state index in [0.717, 1.165) is 25.7 Å². The van der Waals surface area contributed by atoms with Crippen molar-refractivity contribution in [1.29, 1.82) is 0 Å². The predicted molar refractivity (Wildman–Crippen MR) is 113 cm³/mol. The molecule has 1 saturated carbocycles. The van der Waals surface area contributed by atoms with Gasteiger partial charge >= 0.3 is 0 Å². The highest BCUT2D eigenvalue weighted by atomic mass is 16.2. The quantitative estimate of drug-likeness (QED) is 0.839. The van der Waals surface area contributed by atoms with Crippen molar-refractivity contribution in [2.75, 3.05) is 13.1 Å². The lowest BCUT2D eigenvalue weighted by Crippen LogP contribution is -2.52. The second-order valence-electron chi connectivity index (χ2n) is 9.83. The highest BCUT2D eigenvalue weighted by Gasteiger charge is 2.40. The van der Waals surface area contributed by atoms with Gasteiger partial charge in [-0.3, -0.25) is 9.59 Å². The van der Waals surface area contributed by atoms with Crippen molar-refractivity contribution in [2.45, 2.75) is 84.1 Å². The van der Waals surface area contributed by atoms with Crippen LogP contribution in [0.4, 0.5) is 0 Å². The molecule has 28 heavy (non-hydrogen) atoms. The van der Waals surface area contributed by atoms with Gasteiger partial charge in [-0.15, -0.1) is 0 Å². The van der Waals surface area contributed by atoms with E-state index in [1.54, 1.807) is 4.90 Å². The zero-order valence-corrected chi connectivity index (χ0v) is 18.0. The first-order valence-corrected chi connectivity index (χ1v) is 10.9. The van der Waals surface area contributed by atoms with E-state index in [2.05, 4.69) is 36.5 Å². The van der Waals surface area contributed by atoms with E-state index >= 15 is 0 Å². The third kappa shape index (κ3) is 4.42. The molecule has 154 valence electrons. The standard InChI is InChI=1S/C24H36N2O2/c1-18-10-8-11-19(16-18)24(13-6-5-7-14-24)17-25-21(27)20-12-9-15-26(20)22(28)23(2,3)4/h8,10-11,16,20H,5-7,9,12-15,17H2,1-4H3,(H,25,27). The molecule has 1 N–H and O–H groups in total. The molecule has 1 saturated heterocycles. The molecule has 0 aromatic heterocycles. The van der Waals surface area contributed by atoms with Gasteiger partial charge in [0.2, 0.25) is 11.8 Å². The van der Waals surface area contributed by atoms with E-state index in [9.17, 15) is 9.59 Å². The average Bonchev–Trinajstić information content (AvgIpc) is 3.15. The zero-order valence-electron chi connectivity index (χ0n) is 18.0. The van der Waals surface area contributed by atoms with E-state index in [4.69, 9.17) is 0 Å². The lowest BCUT2D eigenvalue weighted by molar-refractivity contribution is -0.144. The van der Waals surface area contributed by atoms with Gasteiger partial charge < -0.3 is 10.2 Å². The maximum atomic E-state index is 13.1. The van der Waals surface area contributed by atoms with Crippen LogP contribution in [-0.4, -0.2) is 35.8 Å². The number of hydrogen-bond donors (Lipinski definition) is 1. The van der Waals surface area contributed by atoms with Crippen LogP contribution in [0.5, 0.6) is 0 Å². The van der Waals surface area contributed by atoms with Crippen LogP contribution >= 0.6 is 0 Å². The van der Waals surface area contributed by atoms with Crippen molar-refractivity contribution >= 4 is 11.8 Å². The molecule has 1 aromatic rings. The summed E-state index contributed by atoms with van der Waals surface area (Å²) in [6, 6.07) is 8.44. The third-order valence-electron chi connectivity index (χ3n) is 6.50. The van der Waals surface area contributed by atoms with Crippen LogP contribution in [0.25, 0.3) is 0 Å². The van der Waals surface area contributed by atoms with Crippen LogP contribution in [-0.2, 0) is 15.0 Å². The Bertz CT molecular complexity index is 714. The number of amides is 2. The smallest absolute Gasteiger partial charge is 0.242 e. The maximum Gasteiger partial charge on any atom is 0.242 e. The fourth-order valence-electron chi connectivity index (χ4n) is 4.86. The normalized spacial score (nSPS) is 22.1. The maximum absolute atomic E-state index is 13.1. The zero-order chi connectivity index (χ0) is 20.4. The number of carbonyl (C=O) groups is 2. The van der Waals surface area contributed by atoms with Crippen molar-refractivity contribution in [3.8, 4) is 0 Å². The van der Waals surface area contributed by atoms with Crippen molar-refractivity contribution in [1.82, 2.24) is 10.2 Å². The molecule has 3 rings (SSSR count). The van der Waals surface area contributed by atoms with E-state index in [-0.39, 0.29) is 23.3 Å². The lowest BCUT2D eigenvalue weighted by atomic mass is 9.69. The molecule has 0 bridgehead atoms. The van der Waals surface area contributed by atoms with Crippen molar-refractivity contribution in [2.24, 2.45) is 5.41 Å². The van der Waals surface area contributed by atoms with Gasteiger partial charge in [-0.2, -0.15) is 0 Å². The first kappa shape index (κ1) is 20.9. The van der Waals surface area contributed by atoms with E-state index in [0.29, 0.717) is 13.1 Å². The first-order chi connectivity index (χ1) is 13.2. The SMILES string of the molecule is Cc1cccc(C2(CNC(=O)C3CCCN3C(=O)C(C)(C)C)CCCCC2)c1. The minimum atomic E-state index is -0.449. The molecule has 1 heterocycles. The molecular weight excluding hydrogens is 348 g/mol. The Morgan fingerprint density at radius 3 is 2.50 bits per heavy atom. The van der Waals surface area contributed by atoms with Crippen molar-refractivity contribution < 1.29 is 9.59 Å². The second-order valence-corrected chi connectivity index (χ2v) is 9.83. The molecule has 0 spiro atoms. The Balaban J connectivity index is 1.73. The molecule has 2 aliphatic rings. The van der Waals surface area contributed by atoms with Crippen LogP contribution in [0.3, 0.4) is 0 Å². The number of rotatable bonds is 4. The third-order valence-corrected chi connectivity index (χ3v) is 6.50. The predicted octanol–water partition coefficient (Wildman–Crippen LogP) is 4.35. The summed E-state index contributed by atoms with van der Waals surface area (Å²) in [6.45, 7) is 9.28. The summed E-state index contributed by atoms with van der Waals surface area (Å²) in [6.07, 6.45) is 7.61. The Labute approximate surface area is 170 Å². The topological polar surface area (TPSA) is 49.4 Å². The summed E-state index contributed by atoms with van der Waals surface area (Å²) < 4.78 is 0. The van der Waals surface area contributed by atoms with Crippen LogP contribution in [0.1, 0.15) is 76.8 Å². The van der Waals surface area contributed by atoms with E-state index in [1.807, 2.05) is 20.8 Å². The van der Waals surface area contributed by atoms with Gasteiger partial charge in [0.25, 0.3) is 0 Å². The summed E-state index contributed by atoms with van der Waals surface area (Å²) in [7, 11) is 0. The molecule has 4 nitrogen and oxygen atoms in total. The number of aryl methyl sites for hydroxylation is 1. The van der Waals surface area contributed by atoms with Gasteiger partial charge in [0, 0.05) is 23.9 Å². The Morgan fingerprint density at radius 2 is 1.86 bits per heavy atom. The monoisotopic (exact) mass is 384 g/mol. The van der Waals surface area contributed by atoms with Gasteiger partial charge in [-0.05, 0) is 38.2 Å². The fraction of sp³-hybridized carbons (Fsp3) is 0.667. The molecule has 1 aromatic carbocycles. The molecule has 4 heteroatoms. The highest BCUT2D eigenvalue weighted by molar-refractivity contribution is 5.90. The molecule has 1 aliphatic carbocycles. The summed E-state index contributed by atoms with van der Waals surface area (Å²) >= 11 is 0. The Hall–Kier alpha value is -1.84. The van der Waals surface area contributed by atoms with Gasteiger partial charge in [0.15, 0.2) is 0 Å². The number of carbonyl (C=O) groups excluding carboxylic acids is 2. The summed E-state index contributed by atoms with van der Waals surface area (Å²) in [5.74, 6) is 0.101. The molecule has 0 radical (unpaired) electrons. The molecule has 1 atom stereocenters. The minimum Gasteiger partial charge on any atom is -0.353 e. The van der Waals surface area contributed by atoms with Gasteiger partial charge in [-0.1, -0.05) is 69.9 Å². The Morgan fingerprint density at radius 1 is 1.14 bits per heavy atom. The first-order valence-electron chi connectivity index (χ1n) is 10.9. The molecule has 1 aliphatic heterocycles. The van der Waals surface area contributed by atoms with Gasteiger partial charge in [-0.25, -0.2) is 0 Å². The van der Waals surface area contributed by atoms with Crippen LogP contribution in [0, 0.1) is 12.3 Å². The van der Waals surface area contributed by atoms with Crippen LogP contribution < -0.4 is 5.32 Å². The average molecular weight is 385 g/mol. The molecule has 1 unspecified atom stereocenters. The molecular formula is C24H36N2O2. The number of likely N-dealkylation sites (tertiary alicyclic amines) is 1. The second kappa shape index (κ2) is 8.26. The van der Waals surface area contributed by atoms with Crippen molar-refractivity contribution in [3.63, 3.8) is 0 Å². The lowest BCUT2D eigenvalue weighted by Gasteiger charge is -2.39. The fourth-order valence-corrected chi connectivity index (χ4v) is 4.86. The summed E-state index contributed by atoms with van der Waals surface area (Å²) in [4.78, 5) is 27.6. The number of hydrogen-bond acceptors (Lipinski definition) is 2. The number of nitrogens with zero attached hydrogens (tertiary/aromatic N) is 1. The van der Waals surface area contributed by atoms with E-state index in [1.165, 1.54) is 30.4 Å². The molecule has 2 amide bonds. The summed E-state index contributed by atoms with van der Waals surface area (Å²) in [5, 5.41) is 3.26. The number of nitrogens with one attached hydrogen (secondary N) is 1. The van der Waals surface area contributed by atoms with Gasteiger partial charge in [0.1, 0.15) is 6.04 Å². The van der Waals surface area contributed by atoms with Crippen molar-refractivity contribution in [3.05, 3.63) is 35.4 Å². The molecule has 2 fully saturated rings. The number of benzene rings is 1. The van der Waals surface area contributed by atoms with Gasteiger partial charge in [0.05, 0.1) is 0 Å². The summed E-state index contributed by atoms with van der Waals surface area (Å²) in [5.41, 5.74) is 2.19. The largest absolute Gasteiger partial charge is 0.353 e. The highest BCUT2D eigenvalue weighted by Crippen LogP contribution is 2.39. The Kier molecular flexibility index (Phi) is 6.16. The van der Waals surface area contributed by atoms with Crippen LogP contribution in [0.15, 0.2) is 24.3 Å². The minimum absolute atomic E-state index is 0.0210. The van der Waals surface area contributed by atoms with E-state index < -0.39 is 5.41 Å².